The van der Waals surface area contributed by atoms with Crippen LogP contribution in [0.15, 0.2) is 46.7 Å². The maximum Gasteiger partial charge on any atom is 0.344 e. The maximum atomic E-state index is 11.8. The summed E-state index contributed by atoms with van der Waals surface area (Å²) in [5, 5.41) is 12.5. The molecule has 0 saturated carbocycles. The van der Waals surface area contributed by atoms with E-state index in [9.17, 15) is 4.79 Å². The highest BCUT2D eigenvalue weighted by Crippen LogP contribution is 2.38. The Kier molecular flexibility index (Phi) is 9.35. The van der Waals surface area contributed by atoms with Gasteiger partial charge < -0.3 is 14.8 Å². The topological polar surface area (TPSA) is 170 Å². The Morgan fingerprint density at radius 3 is 2.27 bits per heavy atom. The second-order valence-corrected chi connectivity index (χ2v) is 8.59. The van der Waals surface area contributed by atoms with Crippen molar-refractivity contribution >= 4 is 34.9 Å². The van der Waals surface area contributed by atoms with Crippen LogP contribution < -0.4 is 26.5 Å². The molecule has 2 unspecified atom stereocenters. The third-order valence-corrected chi connectivity index (χ3v) is 4.53. The third-order valence-electron chi connectivity index (χ3n) is 3.94. The summed E-state index contributed by atoms with van der Waals surface area (Å²) in [5.74, 6) is 0.0376. The molecule has 2 rings (SSSR count). The number of ether oxygens (including phenoxy) is 2. The van der Waals surface area contributed by atoms with Gasteiger partial charge in [-0.15, -0.1) is 0 Å². The van der Waals surface area contributed by atoms with Crippen LogP contribution in [0.2, 0.25) is 10.0 Å². The lowest BCUT2D eigenvalue weighted by Gasteiger charge is -2.21. The molecular weight excluding hydrogens is 471 g/mol. The molecule has 33 heavy (non-hydrogen) atoms. The van der Waals surface area contributed by atoms with Crippen molar-refractivity contribution in [3.63, 3.8) is 0 Å². The van der Waals surface area contributed by atoms with Gasteiger partial charge in [-0.2, -0.15) is 10.6 Å². The second kappa shape index (κ2) is 11.8. The number of carbonyl (C=O) groups excluding carboxylic acids is 1. The molecule has 0 aromatic heterocycles. The van der Waals surface area contributed by atoms with Crippen molar-refractivity contribution in [2.24, 2.45) is 16.1 Å². The van der Waals surface area contributed by atoms with Crippen LogP contribution in [-0.2, 0) is 9.53 Å². The van der Waals surface area contributed by atoms with E-state index in [1.54, 1.807) is 57.2 Å². The number of hydrogen-bond acceptors (Lipinski definition) is 10. The number of nitrogens with one attached hydrogen (secondary N) is 5. The lowest BCUT2D eigenvalue weighted by atomic mass is 10.0. The molecule has 0 aliphatic carbocycles. The Morgan fingerprint density at radius 2 is 1.76 bits per heavy atom. The predicted molar refractivity (Wildman–Crippen MR) is 125 cm³/mol. The Bertz CT molecular complexity index is 959. The van der Waals surface area contributed by atoms with E-state index in [0.717, 1.165) is 5.56 Å². The summed E-state index contributed by atoms with van der Waals surface area (Å²) in [4.78, 5) is 11.8. The molecule has 0 amide bonds. The van der Waals surface area contributed by atoms with Crippen LogP contribution in [0, 0.1) is 11.1 Å². The van der Waals surface area contributed by atoms with Gasteiger partial charge in [0, 0.05) is 11.3 Å². The minimum absolute atomic E-state index is 0.202. The molecule has 0 bridgehead atoms. The van der Waals surface area contributed by atoms with Crippen LogP contribution in [0.1, 0.15) is 20.8 Å². The summed E-state index contributed by atoms with van der Waals surface area (Å²) >= 11 is 12.9. The number of hydrogen-bond donors (Lipinski definition) is 6. The van der Waals surface area contributed by atoms with Crippen LogP contribution in [0.25, 0.3) is 11.1 Å². The molecule has 2 aromatic rings. The Morgan fingerprint density at radius 1 is 1.15 bits per heavy atom. The highest BCUT2D eigenvalue weighted by Gasteiger charge is 2.17. The minimum atomic E-state index is -0.966. The zero-order valence-electron chi connectivity index (χ0n) is 18.3. The highest BCUT2D eigenvalue weighted by atomic mass is 35.5. The molecule has 2 aromatic carbocycles. The first-order valence-corrected chi connectivity index (χ1v) is 10.5. The third kappa shape index (κ3) is 8.46. The molecule has 178 valence electrons. The van der Waals surface area contributed by atoms with E-state index < -0.39 is 24.1 Å². The zero-order valence-corrected chi connectivity index (χ0v) is 19.8. The molecule has 0 aliphatic heterocycles. The molecule has 7 N–H and O–H groups in total. The van der Waals surface area contributed by atoms with Crippen LogP contribution in [0.4, 0.5) is 5.69 Å². The molecule has 2 atom stereocenters. The van der Waals surface area contributed by atoms with Crippen LogP contribution in [-0.4, -0.2) is 30.8 Å². The summed E-state index contributed by atoms with van der Waals surface area (Å²) in [6.45, 7) is 5.16. The number of nitrogens with two attached hydrogens (primary N) is 1. The van der Waals surface area contributed by atoms with Gasteiger partial charge in [0.1, 0.15) is 17.6 Å². The Hall–Kier alpha value is -2.99. The number of benzene rings is 2. The lowest BCUT2D eigenvalue weighted by molar-refractivity contribution is -0.157. The van der Waals surface area contributed by atoms with E-state index in [4.69, 9.17) is 49.5 Å². The molecule has 0 aliphatic rings. The molecule has 0 heterocycles. The average Bonchev–Trinajstić information content (AvgIpc) is 2.71. The lowest BCUT2D eigenvalue weighted by Crippen LogP contribution is -2.52. The van der Waals surface area contributed by atoms with Gasteiger partial charge in [-0.3, -0.25) is 11.2 Å². The van der Waals surface area contributed by atoms with Gasteiger partial charge in [-0.1, -0.05) is 40.6 Å². The monoisotopic (exact) mass is 496 g/mol. The van der Waals surface area contributed by atoms with Gasteiger partial charge in [0.25, 0.3) is 0 Å². The maximum absolute atomic E-state index is 11.8. The van der Waals surface area contributed by atoms with Crippen molar-refractivity contribution < 1.29 is 14.3 Å². The van der Waals surface area contributed by atoms with E-state index in [1.807, 2.05) is 0 Å². The summed E-state index contributed by atoms with van der Waals surface area (Å²) in [5.41, 5.74) is 23.3. The number of rotatable bonds is 11. The Balaban J connectivity index is 2.06. The zero-order chi connectivity index (χ0) is 24.6. The first-order valence-electron chi connectivity index (χ1n) is 9.73. The van der Waals surface area contributed by atoms with Gasteiger partial charge in [0.15, 0.2) is 6.61 Å². The fourth-order valence-electron chi connectivity index (χ4n) is 2.72. The fourth-order valence-corrected chi connectivity index (χ4v) is 3.42. The predicted octanol–water partition coefficient (Wildman–Crippen LogP) is 4.47. The van der Waals surface area contributed by atoms with Crippen molar-refractivity contribution in [2.45, 2.75) is 39.0 Å². The van der Waals surface area contributed by atoms with Gasteiger partial charge in [0.05, 0.1) is 10.0 Å². The van der Waals surface area contributed by atoms with Crippen molar-refractivity contribution in [3.8, 4) is 16.9 Å². The van der Waals surface area contributed by atoms with Gasteiger partial charge in [0.2, 0.25) is 6.29 Å². The second-order valence-electron chi connectivity index (χ2n) is 7.78. The molecular formula is C20H26Cl2N8O3. The molecule has 0 spiro atoms. The smallest absolute Gasteiger partial charge is 0.344 e. The van der Waals surface area contributed by atoms with E-state index in [-0.39, 0.29) is 6.61 Å². The summed E-state index contributed by atoms with van der Waals surface area (Å²) in [7, 11) is 0. The van der Waals surface area contributed by atoms with E-state index >= 15 is 0 Å². The normalized spacial score (nSPS) is 12.9. The first-order chi connectivity index (χ1) is 15.5. The van der Waals surface area contributed by atoms with Gasteiger partial charge in [-0.25, -0.2) is 15.6 Å². The summed E-state index contributed by atoms with van der Waals surface area (Å²) in [6.07, 6.45) is -1.80. The summed E-state index contributed by atoms with van der Waals surface area (Å²) < 4.78 is 10.7. The largest absolute Gasteiger partial charge is 0.482 e. The van der Waals surface area contributed by atoms with Gasteiger partial charge in [-0.05, 0) is 50.6 Å². The van der Waals surface area contributed by atoms with Crippen molar-refractivity contribution in [1.82, 2.24) is 10.7 Å². The molecule has 0 radical (unpaired) electrons. The first kappa shape index (κ1) is 26.3. The standard InChI is InChI=1S/C20H26Cl2N8O3/c1-20(2,3)33-16(31)10-32-13-6-4-11(5-7-13)17-14(21)8-12(9-15(17)22)26-18(23)27-19(28-24)29-30-25/h4-9,18-19,24,26-27H,10,23H2,1-3H3,(H2,25,29). The van der Waals surface area contributed by atoms with Crippen molar-refractivity contribution in [3.05, 3.63) is 46.4 Å². The van der Waals surface area contributed by atoms with Crippen molar-refractivity contribution in [2.75, 3.05) is 11.9 Å². The quantitative estimate of drug-likeness (QED) is 0.115. The number of halogens is 2. The number of nitrogens with zero attached hydrogens (tertiary/aromatic N) is 2. The molecule has 11 nitrogen and oxygen atoms in total. The average molecular weight is 497 g/mol. The number of anilines is 1. The van der Waals surface area contributed by atoms with Crippen molar-refractivity contribution in [1.29, 1.82) is 11.1 Å². The molecule has 0 saturated heterocycles. The van der Waals surface area contributed by atoms with E-state index in [1.165, 1.54) is 0 Å². The van der Waals surface area contributed by atoms with Crippen LogP contribution in [0.3, 0.4) is 0 Å². The SMILES string of the molecule is CC(C)(C)OC(=O)COc1ccc(-c2c(Cl)cc(NC(N)NC(N=N)NN=N)cc2Cl)cc1. The van der Waals surface area contributed by atoms with Crippen LogP contribution >= 0.6 is 23.2 Å². The van der Waals surface area contributed by atoms with E-state index in [0.29, 0.717) is 27.0 Å². The molecule has 13 heteroatoms. The van der Waals surface area contributed by atoms with Crippen LogP contribution in [0.5, 0.6) is 5.75 Å². The van der Waals surface area contributed by atoms with E-state index in [2.05, 4.69) is 26.4 Å². The number of esters is 1. The Labute approximate surface area is 201 Å². The molecule has 0 fully saturated rings. The number of carbonyl (C=O) groups is 1. The summed E-state index contributed by atoms with van der Waals surface area (Å²) in [6, 6.07) is 10.2. The highest BCUT2D eigenvalue weighted by molar-refractivity contribution is 6.39. The van der Waals surface area contributed by atoms with Gasteiger partial charge >= 0.3 is 5.97 Å². The fraction of sp³-hybridized carbons (Fsp3) is 0.350. The minimum Gasteiger partial charge on any atom is -0.482 e.